The molecule has 1 aromatic heterocycles. The van der Waals surface area contributed by atoms with Crippen LogP contribution in [0.2, 0.25) is 0 Å². The van der Waals surface area contributed by atoms with Gasteiger partial charge in [0, 0.05) is 37.2 Å². The summed E-state index contributed by atoms with van der Waals surface area (Å²) in [5.74, 6) is 0. The average Bonchev–Trinajstić information content (AvgIpc) is 3.70. The van der Waals surface area contributed by atoms with Gasteiger partial charge >= 0.3 is 0 Å². The Morgan fingerprint density at radius 2 is 0.683 bits per heavy atom. The summed E-state index contributed by atoms with van der Waals surface area (Å²) in [6, 6.07) is 86.1. The molecule has 0 saturated heterocycles. The van der Waals surface area contributed by atoms with E-state index in [1.54, 1.807) is 0 Å². The third kappa shape index (κ3) is 6.83. The molecule has 11 aromatic rings. The van der Waals surface area contributed by atoms with Gasteiger partial charge in [0.1, 0.15) is 0 Å². The minimum absolute atomic E-state index is 1.10. The summed E-state index contributed by atoms with van der Waals surface area (Å²) in [4.78, 5) is 2.36. The van der Waals surface area contributed by atoms with Gasteiger partial charge in [0.2, 0.25) is 0 Å². The minimum atomic E-state index is 1.10. The standard InChI is InChI=1S/C58H39NS/c1-2-10-40(11-3-1)49-16-9-17-54(38-49)59(53-33-28-45(29-34-53)51-30-35-58-56(39-51)55-18-6-7-19-57(55)60-58)52-31-26-43(27-32-52)42-20-22-44(23-21-42)47-14-8-15-48(36-47)50-25-24-41-12-4-5-13-46(41)37-50/h1-39H. The number of benzene rings is 10. The first-order valence-corrected chi connectivity index (χ1v) is 21.3. The van der Waals surface area contributed by atoms with Gasteiger partial charge in [0.15, 0.2) is 0 Å². The Kier molecular flexibility index (Phi) is 9.11. The Morgan fingerprint density at radius 1 is 0.233 bits per heavy atom. The minimum Gasteiger partial charge on any atom is -0.310 e. The summed E-state index contributed by atoms with van der Waals surface area (Å²) in [5.41, 5.74) is 15.4. The summed E-state index contributed by atoms with van der Waals surface area (Å²) in [5, 5.41) is 5.16. The molecule has 60 heavy (non-hydrogen) atoms. The van der Waals surface area contributed by atoms with Gasteiger partial charge in [-0.05, 0) is 133 Å². The van der Waals surface area contributed by atoms with E-state index in [2.05, 4.69) is 241 Å². The Balaban J connectivity index is 0.902. The van der Waals surface area contributed by atoms with Crippen molar-refractivity contribution in [2.75, 3.05) is 4.90 Å². The second-order valence-electron chi connectivity index (χ2n) is 15.4. The maximum atomic E-state index is 2.36. The first kappa shape index (κ1) is 35.6. The van der Waals surface area contributed by atoms with Crippen LogP contribution in [-0.2, 0) is 0 Å². The van der Waals surface area contributed by atoms with Gasteiger partial charge in [-0.2, -0.15) is 0 Å². The fraction of sp³-hybridized carbons (Fsp3) is 0. The first-order valence-electron chi connectivity index (χ1n) is 20.5. The molecule has 0 unspecified atom stereocenters. The Bertz CT molecular complexity index is 3290. The Labute approximate surface area is 354 Å². The number of nitrogens with zero attached hydrogens (tertiary/aromatic N) is 1. The summed E-state index contributed by atoms with van der Waals surface area (Å²) in [7, 11) is 0. The van der Waals surface area contributed by atoms with E-state index in [0.29, 0.717) is 0 Å². The fourth-order valence-electron chi connectivity index (χ4n) is 8.52. The van der Waals surface area contributed by atoms with Crippen molar-refractivity contribution in [1.29, 1.82) is 0 Å². The number of anilines is 3. The van der Waals surface area contributed by atoms with Crippen LogP contribution >= 0.6 is 11.3 Å². The molecule has 10 aromatic carbocycles. The van der Waals surface area contributed by atoms with Crippen LogP contribution in [0.25, 0.3) is 86.6 Å². The Morgan fingerprint density at radius 3 is 1.40 bits per heavy atom. The van der Waals surface area contributed by atoms with Crippen LogP contribution in [0, 0.1) is 0 Å². The second kappa shape index (κ2) is 15.3. The van der Waals surface area contributed by atoms with E-state index in [4.69, 9.17) is 0 Å². The highest BCUT2D eigenvalue weighted by atomic mass is 32.1. The zero-order chi connectivity index (χ0) is 39.8. The maximum absolute atomic E-state index is 2.36. The second-order valence-corrected chi connectivity index (χ2v) is 16.5. The van der Waals surface area contributed by atoms with Crippen molar-refractivity contribution in [2.45, 2.75) is 0 Å². The van der Waals surface area contributed by atoms with Gasteiger partial charge in [-0.15, -0.1) is 11.3 Å². The van der Waals surface area contributed by atoms with E-state index in [-0.39, 0.29) is 0 Å². The Hall–Kier alpha value is -7.52. The largest absolute Gasteiger partial charge is 0.310 e. The monoisotopic (exact) mass is 781 g/mol. The highest BCUT2D eigenvalue weighted by molar-refractivity contribution is 7.25. The highest BCUT2D eigenvalue weighted by Gasteiger charge is 2.15. The van der Waals surface area contributed by atoms with Gasteiger partial charge in [-0.25, -0.2) is 0 Å². The summed E-state index contributed by atoms with van der Waals surface area (Å²) >= 11 is 1.86. The van der Waals surface area contributed by atoms with E-state index in [1.165, 1.54) is 86.6 Å². The van der Waals surface area contributed by atoms with E-state index in [9.17, 15) is 0 Å². The molecule has 0 fully saturated rings. The number of thiophene rings is 1. The molecule has 0 N–H and O–H groups in total. The zero-order valence-corrected chi connectivity index (χ0v) is 33.7. The highest BCUT2D eigenvalue weighted by Crippen LogP contribution is 2.40. The molecule has 0 aliphatic rings. The van der Waals surface area contributed by atoms with Crippen molar-refractivity contribution in [3.05, 3.63) is 237 Å². The smallest absolute Gasteiger partial charge is 0.0467 e. The molecule has 2 heteroatoms. The lowest BCUT2D eigenvalue weighted by atomic mass is 9.96. The van der Waals surface area contributed by atoms with Crippen molar-refractivity contribution in [3.63, 3.8) is 0 Å². The van der Waals surface area contributed by atoms with Crippen molar-refractivity contribution in [1.82, 2.24) is 0 Å². The van der Waals surface area contributed by atoms with E-state index in [0.717, 1.165) is 17.1 Å². The van der Waals surface area contributed by atoms with Crippen molar-refractivity contribution >= 4 is 59.3 Å². The molecule has 1 heterocycles. The van der Waals surface area contributed by atoms with Crippen LogP contribution in [0.3, 0.4) is 0 Å². The predicted molar refractivity (Wildman–Crippen MR) is 259 cm³/mol. The molecule has 0 atom stereocenters. The predicted octanol–water partition coefficient (Wildman–Crippen LogP) is 17.0. The molecule has 11 rings (SSSR count). The van der Waals surface area contributed by atoms with E-state index < -0.39 is 0 Å². The topological polar surface area (TPSA) is 3.24 Å². The van der Waals surface area contributed by atoms with E-state index >= 15 is 0 Å². The van der Waals surface area contributed by atoms with E-state index in [1.807, 2.05) is 11.3 Å². The van der Waals surface area contributed by atoms with Gasteiger partial charge in [0.05, 0.1) is 0 Å². The molecule has 0 radical (unpaired) electrons. The number of hydrogen-bond donors (Lipinski definition) is 0. The summed E-state index contributed by atoms with van der Waals surface area (Å²) in [6.45, 7) is 0. The molecule has 1 nitrogen and oxygen atoms in total. The van der Waals surface area contributed by atoms with Crippen molar-refractivity contribution in [2.24, 2.45) is 0 Å². The third-order valence-corrected chi connectivity index (χ3v) is 12.8. The molecule has 0 bridgehead atoms. The lowest BCUT2D eigenvalue weighted by Gasteiger charge is -2.26. The normalized spacial score (nSPS) is 11.3. The SMILES string of the molecule is c1ccc(-c2cccc(N(c3ccc(-c4ccc(-c5cccc(-c6ccc7ccccc7c6)c5)cc4)cc3)c3ccc(-c4ccc5sc6ccccc6c5c4)cc3)c2)cc1. The van der Waals surface area contributed by atoms with Crippen LogP contribution in [0.4, 0.5) is 17.1 Å². The van der Waals surface area contributed by atoms with Gasteiger partial charge < -0.3 is 4.90 Å². The molecular formula is C58H39NS. The van der Waals surface area contributed by atoms with Crippen molar-refractivity contribution in [3.8, 4) is 55.6 Å². The van der Waals surface area contributed by atoms with Gasteiger partial charge in [0.25, 0.3) is 0 Å². The molecule has 0 spiro atoms. The summed E-state index contributed by atoms with van der Waals surface area (Å²) in [6.07, 6.45) is 0. The zero-order valence-electron chi connectivity index (χ0n) is 32.9. The third-order valence-electron chi connectivity index (χ3n) is 11.7. The number of rotatable bonds is 8. The van der Waals surface area contributed by atoms with Crippen LogP contribution in [0.5, 0.6) is 0 Å². The van der Waals surface area contributed by atoms with Crippen LogP contribution in [-0.4, -0.2) is 0 Å². The molecule has 0 saturated carbocycles. The van der Waals surface area contributed by atoms with Crippen LogP contribution in [0.1, 0.15) is 0 Å². The quantitative estimate of drug-likeness (QED) is 0.148. The van der Waals surface area contributed by atoms with Gasteiger partial charge in [-0.3, -0.25) is 0 Å². The lowest BCUT2D eigenvalue weighted by molar-refractivity contribution is 1.28. The van der Waals surface area contributed by atoms with Crippen LogP contribution < -0.4 is 4.90 Å². The first-order chi connectivity index (χ1) is 29.7. The van der Waals surface area contributed by atoms with Gasteiger partial charge in [-0.1, -0.05) is 170 Å². The number of fused-ring (bicyclic) bond motifs is 4. The number of hydrogen-bond acceptors (Lipinski definition) is 2. The fourth-order valence-corrected chi connectivity index (χ4v) is 9.60. The molecule has 0 amide bonds. The van der Waals surface area contributed by atoms with Crippen molar-refractivity contribution < 1.29 is 0 Å². The molecular weight excluding hydrogens is 743 g/mol. The molecule has 0 aliphatic heterocycles. The molecule has 0 aliphatic carbocycles. The summed E-state index contributed by atoms with van der Waals surface area (Å²) < 4.78 is 2.65. The molecule has 282 valence electrons. The maximum Gasteiger partial charge on any atom is 0.0467 e. The lowest BCUT2D eigenvalue weighted by Crippen LogP contribution is -2.10. The van der Waals surface area contributed by atoms with Crippen LogP contribution in [0.15, 0.2) is 237 Å². The average molecular weight is 782 g/mol.